The third-order valence-electron chi connectivity index (χ3n) is 2.63. The zero-order chi connectivity index (χ0) is 18.0. The van der Waals surface area contributed by atoms with Crippen molar-refractivity contribution in [3.8, 4) is 0 Å². The lowest BCUT2D eigenvalue weighted by molar-refractivity contribution is -0.399. The van der Waals surface area contributed by atoms with Crippen LogP contribution in [0.3, 0.4) is 0 Å². The van der Waals surface area contributed by atoms with Gasteiger partial charge in [-0.25, -0.2) is 14.8 Å². The first-order valence-corrected chi connectivity index (χ1v) is 6.78. The Bertz CT molecular complexity index is 817. The zero-order valence-electron chi connectivity index (χ0n) is 11.6. The van der Waals surface area contributed by atoms with Gasteiger partial charge in [0.25, 0.3) is 11.4 Å². The molecule has 0 saturated carbocycles. The molecule has 0 bridgehead atoms. The van der Waals surface area contributed by atoms with Gasteiger partial charge in [0.15, 0.2) is 10.1 Å². The highest BCUT2D eigenvalue weighted by molar-refractivity contribution is 7.99. The number of aromatic nitrogens is 2. The van der Waals surface area contributed by atoms with Gasteiger partial charge in [-0.3, -0.25) is 20.2 Å². The normalized spacial score (nSPS) is 10.3. The lowest BCUT2D eigenvalue weighted by atomic mass is 10.2. The highest BCUT2D eigenvalue weighted by Gasteiger charge is 2.30. The van der Waals surface area contributed by atoms with Crippen LogP contribution in [-0.2, 0) is 0 Å². The third kappa shape index (κ3) is 3.46. The van der Waals surface area contributed by atoms with E-state index >= 15 is 0 Å². The Hall–Kier alpha value is -3.48. The van der Waals surface area contributed by atoms with Gasteiger partial charge in [-0.05, 0) is 11.8 Å². The first-order valence-electron chi connectivity index (χ1n) is 5.97. The fraction of sp³-hybridized carbons (Fsp3) is 0. The molecule has 0 fully saturated rings. The number of nitrogen functional groups attached to an aromatic ring is 2. The van der Waals surface area contributed by atoms with E-state index in [0.29, 0.717) is 23.9 Å². The first-order chi connectivity index (χ1) is 11.2. The van der Waals surface area contributed by atoms with Gasteiger partial charge in [-0.1, -0.05) is 0 Å². The predicted molar refractivity (Wildman–Crippen MR) is 81.7 cm³/mol. The van der Waals surface area contributed by atoms with Crippen molar-refractivity contribution in [3.63, 3.8) is 0 Å². The van der Waals surface area contributed by atoms with Crippen molar-refractivity contribution in [2.75, 3.05) is 11.5 Å². The summed E-state index contributed by atoms with van der Waals surface area (Å²) in [6.45, 7) is 0. The number of nitrogens with zero attached hydrogens (tertiary/aromatic N) is 4. The van der Waals surface area contributed by atoms with Crippen LogP contribution < -0.4 is 11.5 Å². The molecule has 124 valence electrons. The fourth-order valence-corrected chi connectivity index (χ4v) is 2.66. The third-order valence-corrected chi connectivity index (χ3v) is 3.62. The summed E-state index contributed by atoms with van der Waals surface area (Å²) >= 11 is 0.488. The number of benzene rings is 1. The second-order valence-corrected chi connectivity index (χ2v) is 5.24. The molecule has 0 aliphatic heterocycles. The Morgan fingerprint density at radius 2 is 1.50 bits per heavy atom. The number of carbonyl (C=O) groups is 1. The molecule has 0 amide bonds. The number of hydrogen-bond acceptors (Lipinski definition) is 10. The van der Waals surface area contributed by atoms with Gasteiger partial charge in [0, 0.05) is 18.2 Å². The van der Waals surface area contributed by atoms with Crippen LogP contribution in [0, 0.1) is 20.2 Å². The number of nitrogens with two attached hydrogens (primary N) is 2. The topological polar surface area (TPSA) is 201 Å². The largest absolute Gasteiger partial charge is 0.478 e. The lowest BCUT2D eigenvalue weighted by Crippen LogP contribution is -2.04. The number of rotatable bonds is 5. The minimum atomic E-state index is -1.54. The van der Waals surface area contributed by atoms with Crippen LogP contribution in [0.2, 0.25) is 0 Å². The molecule has 0 saturated heterocycles. The molecule has 0 radical (unpaired) electrons. The molecule has 1 aromatic carbocycles. The van der Waals surface area contributed by atoms with Gasteiger partial charge in [0.1, 0.15) is 11.6 Å². The molecule has 0 unspecified atom stereocenters. The SMILES string of the molecule is Nc1cc(N)nc(Sc2c([N+](=O)[O-])cc(C(=O)O)cc2[N+](=O)[O-])n1. The van der Waals surface area contributed by atoms with Crippen LogP contribution >= 0.6 is 11.8 Å². The molecule has 1 aromatic heterocycles. The molecule has 24 heavy (non-hydrogen) atoms. The van der Waals surface area contributed by atoms with Crippen LogP contribution in [0.1, 0.15) is 10.4 Å². The van der Waals surface area contributed by atoms with Gasteiger partial charge < -0.3 is 16.6 Å². The van der Waals surface area contributed by atoms with Crippen LogP contribution in [0.15, 0.2) is 28.3 Å². The maximum absolute atomic E-state index is 11.2. The summed E-state index contributed by atoms with van der Waals surface area (Å²) in [6.07, 6.45) is 0. The number of aromatic carboxylic acids is 1. The molecule has 0 aliphatic carbocycles. The Morgan fingerprint density at radius 1 is 1.04 bits per heavy atom. The van der Waals surface area contributed by atoms with Crippen molar-refractivity contribution in [2.24, 2.45) is 0 Å². The van der Waals surface area contributed by atoms with Crippen LogP contribution in [0.4, 0.5) is 23.0 Å². The van der Waals surface area contributed by atoms with Gasteiger partial charge in [0.05, 0.1) is 15.4 Å². The van der Waals surface area contributed by atoms with Gasteiger partial charge in [-0.15, -0.1) is 0 Å². The maximum Gasteiger partial charge on any atom is 0.336 e. The highest BCUT2D eigenvalue weighted by atomic mass is 32.2. The zero-order valence-corrected chi connectivity index (χ0v) is 12.4. The summed E-state index contributed by atoms with van der Waals surface area (Å²) in [5.74, 6) is -1.60. The van der Waals surface area contributed by atoms with Crippen molar-refractivity contribution >= 4 is 40.7 Å². The molecule has 2 aromatic rings. The molecule has 0 atom stereocenters. The van der Waals surface area contributed by atoms with Gasteiger partial charge in [0.2, 0.25) is 0 Å². The van der Waals surface area contributed by atoms with Crippen molar-refractivity contribution in [3.05, 3.63) is 44.0 Å². The molecular weight excluding hydrogens is 344 g/mol. The number of nitro groups is 2. The number of anilines is 2. The average molecular weight is 352 g/mol. The van der Waals surface area contributed by atoms with Crippen LogP contribution in [-0.4, -0.2) is 30.9 Å². The minimum Gasteiger partial charge on any atom is -0.478 e. The molecule has 1 heterocycles. The standard InChI is InChI=1S/C11H8N6O6S/c12-7-3-8(13)15-11(14-7)24-9-5(16(20)21)1-4(10(18)19)2-6(9)17(22)23/h1-3H,(H,18,19)(H4,12,13,14,15). The van der Waals surface area contributed by atoms with E-state index in [2.05, 4.69) is 9.97 Å². The number of hydrogen-bond donors (Lipinski definition) is 3. The van der Waals surface area contributed by atoms with Crippen LogP contribution in [0.5, 0.6) is 0 Å². The van der Waals surface area contributed by atoms with Crippen molar-refractivity contribution < 1.29 is 19.7 Å². The monoisotopic (exact) mass is 352 g/mol. The summed E-state index contributed by atoms with van der Waals surface area (Å²) < 4.78 is 0. The number of nitro benzene ring substituents is 2. The Labute approximate surface area is 136 Å². The Morgan fingerprint density at radius 3 is 1.88 bits per heavy atom. The van der Waals surface area contributed by atoms with Crippen molar-refractivity contribution in [1.82, 2.24) is 9.97 Å². The molecule has 5 N–H and O–H groups in total. The second-order valence-electron chi connectivity index (χ2n) is 4.27. The smallest absolute Gasteiger partial charge is 0.336 e. The van der Waals surface area contributed by atoms with E-state index in [9.17, 15) is 25.0 Å². The molecule has 0 aliphatic rings. The first kappa shape index (κ1) is 16.9. The van der Waals surface area contributed by atoms with Crippen molar-refractivity contribution in [2.45, 2.75) is 10.1 Å². The van der Waals surface area contributed by atoms with Gasteiger partial charge in [-0.2, -0.15) is 0 Å². The van der Waals surface area contributed by atoms with E-state index in [0.717, 1.165) is 0 Å². The summed E-state index contributed by atoms with van der Waals surface area (Å²) in [5, 5.41) is 31.2. The van der Waals surface area contributed by atoms with E-state index in [1.807, 2.05) is 0 Å². The highest BCUT2D eigenvalue weighted by Crippen LogP contribution is 2.41. The summed E-state index contributed by atoms with van der Waals surface area (Å²) in [5.41, 5.74) is 8.84. The maximum atomic E-state index is 11.2. The molecular formula is C11H8N6O6S. The average Bonchev–Trinajstić information content (AvgIpc) is 2.45. The lowest BCUT2D eigenvalue weighted by Gasteiger charge is -2.06. The summed E-state index contributed by atoms with van der Waals surface area (Å²) in [4.78, 5) is 38.6. The van der Waals surface area contributed by atoms with E-state index in [1.165, 1.54) is 6.07 Å². The predicted octanol–water partition coefficient (Wildman–Crippen LogP) is 1.31. The minimum absolute atomic E-state index is 0.0301. The Balaban J connectivity index is 2.68. The molecule has 0 spiro atoms. The second kappa shape index (κ2) is 6.33. The quantitative estimate of drug-likeness (QED) is 0.397. The van der Waals surface area contributed by atoms with E-state index in [-0.39, 0.29) is 16.8 Å². The van der Waals surface area contributed by atoms with Crippen LogP contribution in [0.25, 0.3) is 0 Å². The van der Waals surface area contributed by atoms with E-state index < -0.39 is 37.6 Å². The van der Waals surface area contributed by atoms with Gasteiger partial charge >= 0.3 is 5.97 Å². The summed E-state index contributed by atoms with van der Waals surface area (Å²) in [6, 6.07) is 2.67. The van der Waals surface area contributed by atoms with E-state index in [1.54, 1.807) is 0 Å². The number of carboxylic acid groups (broad SMARTS) is 1. The summed E-state index contributed by atoms with van der Waals surface area (Å²) in [7, 11) is 0. The van der Waals surface area contributed by atoms with Crippen molar-refractivity contribution in [1.29, 1.82) is 0 Å². The molecule has 12 nitrogen and oxygen atoms in total. The molecule has 13 heteroatoms. The fourth-order valence-electron chi connectivity index (χ4n) is 1.70. The van der Waals surface area contributed by atoms with E-state index in [4.69, 9.17) is 16.6 Å². The Kier molecular flexibility index (Phi) is 4.45. The molecule has 2 rings (SSSR count). The number of carboxylic acids is 1.